The van der Waals surface area contributed by atoms with Crippen LogP contribution >= 0.6 is 22.6 Å². The van der Waals surface area contributed by atoms with Crippen molar-refractivity contribution in [3.8, 4) is 0 Å². The summed E-state index contributed by atoms with van der Waals surface area (Å²) < 4.78 is 1.04. The average Bonchev–Trinajstić information content (AvgIpc) is 3.23. The highest BCUT2D eigenvalue weighted by molar-refractivity contribution is 14.1. The Balaban J connectivity index is 1.48. The fourth-order valence-corrected chi connectivity index (χ4v) is 10.1. The number of fused-ring (bicyclic) bond motifs is 5. The normalized spacial score (nSPS) is 42.8. The van der Waals surface area contributed by atoms with Crippen LogP contribution in [0.3, 0.4) is 0 Å². The molecule has 4 rings (SSSR count). The lowest BCUT2D eigenvalue weighted by molar-refractivity contribution is -0.187. The standard InChI is InChI=1S/C30H53IN4O3/c1-20(2)35(18-17-33-16-15-31)26(37)38-34-21(3)24-7-8-25-27(24,4)13-14-30(32)28(5)12-10-23(36)19-22(28)9-11-29(25,30)6/h20,22-25,33,36H,7-19,32H2,1-6H3/b34-21+/t22-,23+,24+,25+,27+,28-,29-,30-/m0/s1. The topological polar surface area (TPSA) is 100 Å². The van der Waals surface area contributed by atoms with Crippen LogP contribution in [0.5, 0.6) is 0 Å². The third-order valence-corrected chi connectivity index (χ3v) is 12.6. The molecule has 0 heterocycles. The van der Waals surface area contributed by atoms with Gasteiger partial charge in [0.05, 0.1) is 11.8 Å². The maximum Gasteiger partial charge on any atom is 0.436 e. The van der Waals surface area contributed by atoms with E-state index in [1.54, 1.807) is 4.90 Å². The molecule has 0 aliphatic heterocycles. The van der Waals surface area contributed by atoms with Crippen LogP contribution in [0.1, 0.15) is 99.3 Å². The van der Waals surface area contributed by atoms with Gasteiger partial charge in [0.1, 0.15) is 0 Å². The van der Waals surface area contributed by atoms with E-state index < -0.39 is 0 Å². The van der Waals surface area contributed by atoms with E-state index in [2.05, 4.69) is 60.8 Å². The number of aliphatic hydroxyl groups excluding tert-OH is 1. The van der Waals surface area contributed by atoms with Crippen molar-refractivity contribution in [2.45, 2.75) is 117 Å². The van der Waals surface area contributed by atoms with Crippen LogP contribution in [-0.4, -0.2) is 63.6 Å². The molecule has 8 heteroatoms. The number of hydrogen-bond donors (Lipinski definition) is 3. The van der Waals surface area contributed by atoms with Gasteiger partial charge in [-0.2, -0.15) is 0 Å². The molecular formula is C30H53IN4O3. The Labute approximate surface area is 244 Å². The number of rotatable bonds is 8. The number of alkyl halides is 1. The van der Waals surface area contributed by atoms with Crippen molar-refractivity contribution in [2.24, 2.45) is 44.9 Å². The van der Waals surface area contributed by atoms with Gasteiger partial charge in [-0.25, -0.2) is 4.79 Å². The minimum Gasteiger partial charge on any atom is -0.393 e. The largest absolute Gasteiger partial charge is 0.436 e. The number of carbonyl (C=O) groups excluding carboxylic acids is 1. The Morgan fingerprint density at radius 1 is 1.11 bits per heavy atom. The molecule has 0 aromatic rings. The summed E-state index contributed by atoms with van der Waals surface area (Å²) in [6, 6.07) is 0.0566. The van der Waals surface area contributed by atoms with Gasteiger partial charge in [0.25, 0.3) is 0 Å². The Hall–Kier alpha value is -0.450. The number of carbonyl (C=O) groups is 1. The maximum absolute atomic E-state index is 12.9. The SMILES string of the molecule is C/C(=N\OC(=O)N(CCNCCI)C(C)C)[C@H]1CC[C@@H]2[C@]1(C)CC[C@]1(N)[C@@]3(C)CC[C@@H](O)C[C@@H]3CC[C@@]21C. The highest BCUT2D eigenvalue weighted by atomic mass is 127. The molecule has 8 atom stereocenters. The smallest absolute Gasteiger partial charge is 0.393 e. The van der Waals surface area contributed by atoms with Crippen molar-refractivity contribution in [1.82, 2.24) is 10.2 Å². The number of hydrogen-bond acceptors (Lipinski definition) is 6. The highest BCUT2D eigenvalue weighted by Crippen LogP contribution is 2.73. The molecule has 0 unspecified atom stereocenters. The van der Waals surface area contributed by atoms with E-state index >= 15 is 0 Å². The van der Waals surface area contributed by atoms with E-state index in [0.717, 1.165) is 74.6 Å². The van der Waals surface area contributed by atoms with Gasteiger partial charge < -0.3 is 21.1 Å². The van der Waals surface area contributed by atoms with Gasteiger partial charge in [0.2, 0.25) is 0 Å². The molecule has 1 amide bonds. The minimum absolute atomic E-state index is 0.0566. The van der Waals surface area contributed by atoms with Gasteiger partial charge in [-0.05, 0) is 107 Å². The summed E-state index contributed by atoms with van der Waals surface area (Å²) in [6.45, 7) is 15.8. The lowest BCUT2D eigenvalue weighted by atomic mass is 9.36. The summed E-state index contributed by atoms with van der Waals surface area (Å²) in [5, 5.41) is 18.2. The van der Waals surface area contributed by atoms with Gasteiger partial charge in [0, 0.05) is 41.6 Å². The zero-order chi connectivity index (χ0) is 27.9. The van der Waals surface area contributed by atoms with E-state index in [4.69, 9.17) is 10.6 Å². The molecule has 7 nitrogen and oxygen atoms in total. The van der Waals surface area contributed by atoms with Crippen LogP contribution in [0.4, 0.5) is 4.79 Å². The van der Waals surface area contributed by atoms with Gasteiger partial charge >= 0.3 is 6.09 Å². The van der Waals surface area contributed by atoms with Crippen molar-refractivity contribution in [2.75, 3.05) is 24.1 Å². The van der Waals surface area contributed by atoms with Crippen LogP contribution in [0.15, 0.2) is 5.16 Å². The van der Waals surface area contributed by atoms with Crippen LogP contribution in [0, 0.1) is 34.0 Å². The van der Waals surface area contributed by atoms with Crippen LogP contribution in [-0.2, 0) is 4.84 Å². The first-order chi connectivity index (χ1) is 17.8. The molecule has 0 saturated heterocycles. The fraction of sp³-hybridized carbons (Fsp3) is 0.933. The van der Waals surface area contributed by atoms with Gasteiger partial charge in [-0.3, -0.25) is 4.84 Å². The first-order valence-corrected chi connectivity index (χ1v) is 16.6. The predicted molar refractivity (Wildman–Crippen MR) is 162 cm³/mol. The fourth-order valence-electron chi connectivity index (χ4n) is 9.77. The molecule has 38 heavy (non-hydrogen) atoms. The molecule has 0 aromatic carbocycles. The first kappa shape index (κ1) is 30.5. The van der Waals surface area contributed by atoms with Gasteiger partial charge in [0.15, 0.2) is 0 Å². The zero-order valence-corrected chi connectivity index (χ0v) is 26.9. The Bertz CT molecular complexity index is 901. The monoisotopic (exact) mass is 644 g/mol. The summed E-state index contributed by atoms with van der Waals surface area (Å²) in [4.78, 5) is 20.3. The molecule has 4 saturated carbocycles. The quantitative estimate of drug-likeness (QED) is 0.0784. The maximum atomic E-state index is 12.9. The molecule has 4 aliphatic carbocycles. The van der Waals surface area contributed by atoms with Crippen molar-refractivity contribution in [3.63, 3.8) is 0 Å². The number of oxime groups is 1. The highest BCUT2D eigenvalue weighted by Gasteiger charge is 2.71. The molecule has 0 bridgehead atoms. The zero-order valence-electron chi connectivity index (χ0n) is 24.7. The van der Waals surface area contributed by atoms with Crippen LogP contribution < -0.4 is 11.1 Å². The number of aliphatic hydroxyl groups is 1. The van der Waals surface area contributed by atoms with Crippen molar-refractivity contribution in [1.29, 1.82) is 0 Å². The summed E-state index contributed by atoms with van der Waals surface area (Å²) in [5.74, 6) is 1.35. The summed E-state index contributed by atoms with van der Waals surface area (Å²) in [7, 11) is 0. The molecule has 4 aliphatic rings. The molecule has 4 N–H and O–H groups in total. The predicted octanol–water partition coefficient (Wildman–Crippen LogP) is 5.73. The molecule has 4 fully saturated rings. The van der Waals surface area contributed by atoms with E-state index in [-0.39, 0.29) is 40.0 Å². The van der Waals surface area contributed by atoms with Crippen LogP contribution in [0.25, 0.3) is 0 Å². The molecule has 0 spiro atoms. The lowest BCUT2D eigenvalue weighted by Crippen LogP contribution is -2.74. The first-order valence-electron chi connectivity index (χ1n) is 15.1. The van der Waals surface area contributed by atoms with Crippen molar-refractivity contribution >= 4 is 34.4 Å². The van der Waals surface area contributed by atoms with Crippen molar-refractivity contribution < 1.29 is 14.7 Å². The van der Waals surface area contributed by atoms with Gasteiger partial charge in [-0.1, -0.05) is 48.5 Å². The summed E-state index contributed by atoms with van der Waals surface area (Å²) in [6.07, 6.45) is 8.95. The Morgan fingerprint density at radius 2 is 1.82 bits per heavy atom. The third-order valence-electron chi connectivity index (χ3n) is 12.1. The second kappa shape index (κ2) is 11.4. The van der Waals surface area contributed by atoms with Crippen LogP contribution in [0.2, 0.25) is 0 Å². The molecular weight excluding hydrogens is 591 g/mol. The second-order valence-corrected chi connectivity index (χ2v) is 15.1. The Kier molecular flexibility index (Phi) is 9.18. The molecule has 218 valence electrons. The second-order valence-electron chi connectivity index (χ2n) is 14.0. The number of nitrogens with zero attached hydrogens (tertiary/aromatic N) is 2. The third kappa shape index (κ3) is 4.95. The van der Waals surface area contributed by atoms with E-state index in [9.17, 15) is 9.90 Å². The van der Waals surface area contributed by atoms with E-state index in [1.165, 1.54) is 6.42 Å². The number of nitrogens with two attached hydrogens (primary N) is 1. The van der Waals surface area contributed by atoms with E-state index in [1.807, 2.05) is 13.8 Å². The molecule has 0 radical (unpaired) electrons. The average molecular weight is 645 g/mol. The van der Waals surface area contributed by atoms with E-state index in [0.29, 0.717) is 24.3 Å². The molecule has 0 aromatic heterocycles. The lowest BCUT2D eigenvalue weighted by Gasteiger charge is -2.71. The summed E-state index contributed by atoms with van der Waals surface area (Å²) >= 11 is 2.34. The van der Waals surface area contributed by atoms with Gasteiger partial charge in [-0.15, -0.1) is 0 Å². The Morgan fingerprint density at radius 3 is 2.50 bits per heavy atom. The number of amides is 1. The number of nitrogens with one attached hydrogen (secondary N) is 1. The van der Waals surface area contributed by atoms with Crippen molar-refractivity contribution in [3.05, 3.63) is 0 Å². The minimum atomic E-state index is -0.363. The number of halogens is 1. The summed E-state index contributed by atoms with van der Waals surface area (Å²) in [5.41, 5.74) is 8.60.